The zero-order valence-corrected chi connectivity index (χ0v) is 9.24. The lowest BCUT2D eigenvalue weighted by Gasteiger charge is -2.10. The van der Waals surface area contributed by atoms with Gasteiger partial charge in [0.05, 0.1) is 5.56 Å². The highest BCUT2D eigenvalue weighted by Gasteiger charge is 2.57. The Kier molecular flexibility index (Phi) is 2.75. The molecule has 0 spiro atoms. The molecule has 5 nitrogen and oxygen atoms in total. The van der Waals surface area contributed by atoms with Crippen molar-refractivity contribution in [3.63, 3.8) is 0 Å². The minimum absolute atomic E-state index is 0.201. The normalized spacial score (nSPS) is 15.6. The second-order valence-electron chi connectivity index (χ2n) is 4.15. The Morgan fingerprint density at radius 2 is 2.11 bits per heavy atom. The number of anilines is 1. The molecule has 1 amide bonds. The van der Waals surface area contributed by atoms with Gasteiger partial charge in [0.2, 0.25) is 5.91 Å². The molecule has 1 aliphatic rings. The number of rotatable bonds is 3. The van der Waals surface area contributed by atoms with Gasteiger partial charge < -0.3 is 10.4 Å². The van der Waals surface area contributed by atoms with Gasteiger partial charge in [0, 0.05) is 5.69 Å². The van der Waals surface area contributed by atoms with E-state index in [0.29, 0.717) is 12.8 Å². The van der Waals surface area contributed by atoms with Crippen molar-refractivity contribution in [3.05, 3.63) is 29.6 Å². The third-order valence-corrected chi connectivity index (χ3v) is 2.94. The molecule has 1 fully saturated rings. The van der Waals surface area contributed by atoms with Gasteiger partial charge in [-0.15, -0.1) is 0 Å². The van der Waals surface area contributed by atoms with Crippen LogP contribution in [0.15, 0.2) is 18.2 Å². The zero-order chi connectivity index (χ0) is 13.3. The largest absolute Gasteiger partial charge is 0.480 e. The number of carbonyl (C=O) groups excluding carboxylic acids is 1. The molecule has 0 saturated heterocycles. The molecule has 0 bridgehead atoms. The minimum atomic E-state index is -1.36. The molecule has 0 atom stereocenters. The van der Waals surface area contributed by atoms with Crippen molar-refractivity contribution >= 4 is 17.6 Å². The Bertz CT molecular complexity index is 573. The van der Waals surface area contributed by atoms with Crippen molar-refractivity contribution in [2.75, 3.05) is 5.32 Å². The van der Waals surface area contributed by atoms with E-state index in [2.05, 4.69) is 5.32 Å². The lowest BCUT2D eigenvalue weighted by molar-refractivity contribution is -0.147. The Morgan fingerprint density at radius 1 is 1.44 bits per heavy atom. The van der Waals surface area contributed by atoms with E-state index in [-0.39, 0.29) is 11.3 Å². The predicted molar refractivity (Wildman–Crippen MR) is 59.0 cm³/mol. The summed E-state index contributed by atoms with van der Waals surface area (Å²) in [6.45, 7) is 0. The highest BCUT2D eigenvalue weighted by atomic mass is 19.1. The summed E-state index contributed by atoms with van der Waals surface area (Å²) in [6.07, 6.45) is 0.584. The number of halogens is 1. The minimum Gasteiger partial charge on any atom is -0.480 e. The van der Waals surface area contributed by atoms with Gasteiger partial charge in [-0.1, -0.05) is 0 Å². The summed E-state index contributed by atoms with van der Waals surface area (Å²) in [7, 11) is 0. The average molecular weight is 248 g/mol. The van der Waals surface area contributed by atoms with Crippen LogP contribution in [-0.2, 0) is 9.59 Å². The highest BCUT2D eigenvalue weighted by molar-refractivity contribution is 6.10. The Labute approximate surface area is 102 Å². The first-order chi connectivity index (χ1) is 8.49. The molecular formula is C12H9FN2O3. The van der Waals surface area contributed by atoms with E-state index >= 15 is 0 Å². The molecule has 1 aliphatic carbocycles. The lowest BCUT2D eigenvalue weighted by Crippen LogP contribution is -2.31. The number of carboxylic acids is 1. The standard InChI is InChI=1S/C12H9FN2O3/c13-9-2-1-8(5-7(9)6-14)15-10(16)12(3-4-12)11(17)18/h1-2,5H,3-4H2,(H,15,16)(H,17,18). The maximum absolute atomic E-state index is 13.1. The first kappa shape index (κ1) is 12.0. The molecule has 0 radical (unpaired) electrons. The third kappa shape index (κ3) is 1.91. The number of amides is 1. The summed E-state index contributed by atoms with van der Waals surface area (Å²) in [4.78, 5) is 22.7. The van der Waals surface area contributed by atoms with Gasteiger partial charge in [-0.2, -0.15) is 5.26 Å². The molecule has 18 heavy (non-hydrogen) atoms. The van der Waals surface area contributed by atoms with Crippen LogP contribution in [0.25, 0.3) is 0 Å². The molecule has 92 valence electrons. The van der Waals surface area contributed by atoms with Gasteiger partial charge in [0.1, 0.15) is 17.3 Å². The van der Waals surface area contributed by atoms with Crippen molar-refractivity contribution in [3.8, 4) is 6.07 Å². The van der Waals surface area contributed by atoms with Crippen LogP contribution in [0.5, 0.6) is 0 Å². The first-order valence-electron chi connectivity index (χ1n) is 5.24. The SMILES string of the molecule is N#Cc1cc(NC(=O)C2(C(=O)O)CC2)ccc1F. The average Bonchev–Trinajstić information content (AvgIpc) is 3.12. The van der Waals surface area contributed by atoms with E-state index in [1.165, 1.54) is 12.1 Å². The number of hydrogen-bond acceptors (Lipinski definition) is 3. The van der Waals surface area contributed by atoms with E-state index in [1.807, 2.05) is 0 Å². The van der Waals surface area contributed by atoms with E-state index in [4.69, 9.17) is 10.4 Å². The maximum atomic E-state index is 13.1. The monoisotopic (exact) mass is 248 g/mol. The Morgan fingerprint density at radius 3 is 2.61 bits per heavy atom. The van der Waals surface area contributed by atoms with Crippen LogP contribution in [-0.4, -0.2) is 17.0 Å². The molecular weight excluding hydrogens is 239 g/mol. The van der Waals surface area contributed by atoms with Crippen LogP contribution in [0.2, 0.25) is 0 Å². The summed E-state index contributed by atoms with van der Waals surface area (Å²) in [6, 6.07) is 5.15. The summed E-state index contributed by atoms with van der Waals surface area (Å²) >= 11 is 0. The number of nitriles is 1. The molecule has 1 saturated carbocycles. The number of carbonyl (C=O) groups is 2. The van der Waals surface area contributed by atoms with Crippen LogP contribution in [0, 0.1) is 22.6 Å². The number of nitrogens with one attached hydrogen (secondary N) is 1. The summed E-state index contributed by atoms with van der Waals surface area (Å²) in [5.74, 6) is -2.48. The number of benzene rings is 1. The van der Waals surface area contributed by atoms with Crippen LogP contribution in [0.4, 0.5) is 10.1 Å². The van der Waals surface area contributed by atoms with Gasteiger partial charge in [-0.25, -0.2) is 4.39 Å². The van der Waals surface area contributed by atoms with E-state index in [1.54, 1.807) is 6.07 Å². The van der Waals surface area contributed by atoms with Crippen LogP contribution >= 0.6 is 0 Å². The zero-order valence-electron chi connectivity index (χ0n) is 9.24. The molecule has 0 unspecified atom stereocenters. The highest BCUT2D eigenvalue weighted by Crippen LogP contribution is 2.46. The molecule has 1 aromatic rings. The fourth-order valence-electron chi connectivity index (χ4n) is 1.60. The molecule has 0 heterocycles. The smallest absolute Gasteiger partial charge is 0.319 e. The molecule has 0 aromatic heterocycles. The van der Waals surface area contributed by atoms with E-state index < -0.39 is 23.1 Å². The second kappa shape index (κ2) is 4.11. The number of hydrogen-bond donors (Lipinski definition) is 2. The number of aliphatic carboxylic acids is 1. The van der Waals surface area contributed by atoms with E-state index in [0.717, 1.165) is 6.07 Å². The van der Waals surface area contributed by atoms with Gasteiger partial charge in [-0.05, 0) is 31.0 Å². The van der Waals surface area contributed by atoms with Crippen LogP contribution < -0.4 is 5.32 Å². The maximum Gasteiger partial charge on any atom is 0.319 e. The third-order valence-electron chi connectivity index (χ3n) is 2.94. The Hall–Kier alpha value is -2.42. The van der Waals surface area contributed by atoms with E-state index in [9.17, 15) is 14.0 Å². The van der Waals surface area contributed by atoms with Crippen molar-refractivity contribution in [2.24, 2.45) is 5.41 Å². The topological polar surface area (TPSA) is 90.2 Å². The number of nitrogens with zero attached hydrogens (tertiary/aromatic N) is 1. The lowest BCUT2D eigenvalue weighted by atomic mass is 10.1. The Balaban J connectivity index is 2.18. The molecule has 6 heteroatoms. The van der Waals surface area contributed by atoms with Gasteiger partial charge in [0.15, 0.2) is 0 Å². The molecule has 1 aromatic carbocycles. The van der Waals surface area contributed by atoms with Crippen LogP contribution in [0.3, 0.4) is 0 Å². The molecule has 2 N–H and O–H groups in total. The molecule has 0 aliphatic heterocycles. The first-order valence-corrected chi connectivity index (χ1v) is 5.24. The van der Waals surface area contributed by atoms with Crippen molar-refractivity contribution in [2.45, 2.75) is 12.8 Å². The summed E-state index contributed by atoms with van der Waals surface area (Å²) < 4.78 is 13.1. The fraction of sp³-hybridized carbons (Fsp3) is 0.250. The quantitative estimate of drug-likeness (QED) is 0.793. The van der Waals surface area contributed by atoms with Crippen LogP contribution in [0.1, 0.15) is 18.4 Å². The fourth-order valence-corrected chi connectivity index (χ4v) is 1.60. The van der Waals surface area contributed by atoms with Gasteiger partial charge >= 0.3 is 5.97 Å². The number of carboxylic acid groups (broad SMARTS) is 1. The van der Waals surface area contributed by atoms with Gasteiger partial charge in [-0.3, -0.25) is 9.59 Å². The predicted octanol–water partition coefficient (Wildman–Crippen LogP) is 1.50. The summed E-state index contributed by atoms with van der Waals surface area (Å²) in [5, 5.41) is 20.0. The summed E-state index contributed by atoms with van der Waals surface area (Å²) in [5.41, 5.74) is -1.35. The van der Waals surface area contributed by atoms with Crippen molar-refractivity contribution in [1.82, 2.24) is 0 Å². The van der Waals surface area contributed by atoms with Crippen molar-refractivity contribution < 1.29 is 19.1 Å². The van der Waals surface area contributed by atoms with Gasteiger partial charge in [0.25, 0.3) is 0 Å². The van der Waals surface area contributed by atoms with Crippen molar-refractivity contribution in [1.29, 1.82) is 5.26 Å². The second-order valence-corrected chi connectivity index (χ2v) is 4.15. The molecule has 2 rings (SSSR count).